The zero-order valence-corrected chi connectivity index (χ0v) is 22.4. The second-order valence-corrected chi connectivity index (χ2v) is 11.3. The molecule has 2 rings (SSSR count). The molecule has 1 aliphatic rings. The third-order valence-electron chi connectivity index (χ3n) is 6.25. The minimum atomic E-state index is -0.830. The van der Waals surface area contributed by atoms with Gasteiger partial charge in [-0.1, -0.05) is 30.7 Å². The number of allylic oxidation sites excluding steroid dienone is 2. The van der Waals surface area contributed by atoms with Gasteiger partial charge in [-0.15, -0.1) is 11.8 Å². The van der Waals surface area contributed by atoms with Crippen LogP contribution < -0.4 is 0 Å². The second-order valence-electron chi connectivity index (χ2n) is 9.74. The van der Waals surface area contributed by atoms with E-state index in [1.807, 2.05) is 51.1 Å². The van der Waals surface area contributed by atoms with E-state index in [0.717, 1.165) is 35.4 Å². The lowest BCUT2D eigenvalue weighted by Gasteiger charge is -2.29. The molecule has 1 aliphatic heterocycles. The Bertz CT molecular complexity index is 976. The normalized spacial score (nSPS) is 28.9. The minimum Gasteiger partial charge on any atom is -0.457 e. The molecule has 0 saturated heterocycles. The van der Waals surface area contributed by atoms with Crippen molar-refractivity contribution in [1.82, 2.24) is 4.98 Å². The highest BCUT2D eigenvalue weighted by Crippen LogP contribution is 2.31. The van der Waals surface area contributed by atoms with E-state index in [1.54, 1.807) is 20.8 Å². The minimum absolute atomic E-state index is 0.0611. The number of hydrogen-bond acceptors (Lipinski definition) is 6. The van der Waals surface area contributed by atoms with Crippen LogP contribution in [0.15, 0.2) is 47.1 Å². The van der Waals surface area contributed by atoms with Gasteiger partial charge in [-0.25, -0.2) is 0 Å². The van der Waals surface area contributed by atoms with Crippen LogP contribution in [-0.2, 0) is 14.3 Å². The van der Waals surface area contributed by atoms with Crippen molar-refractivity contribution < 1.29 is 19.4 Å². The summed E-state index contributed by atoms with van der Waals surface area (Å²) in [7, 11) is 0. The number of hydrogen-bond donors (Lipinski definition) is 1. The van der Waals surface area contributed by atoms with Crippen molar-refractivity contribution in [1.29, 1.82) is 0 Å². The van der Waals surface area contributed by atoms with Crippen molar-refractivity contribution >= 4 is 29.6 Å². The maximum absolute atomic E-state index is 13.1. The molecule has 0 aromatic carbocycles. The second kappa shape index (κ2) is 12.5. The van der Waals surface area contributed by atoms with Gasteiger partial charge in [0.2, 0.25) is 0 Å². The fraction of sp³-hybridized carbons (Fsp3) is 0.536. The van der Waals surface area contributed by atoms with Crippen LogP contribution in [0.2, 0.25) is 0 Å². The number of carbonyl (C=O) groups excluding carboxylic acids is 2. The van der Waals surface area contributed by atoms with E-state index in [0.29, 0.717) is 6.42 Å². The highest BCUT2D eigenvalue weighted by atomic mass is 32.2. The number of aliphatic hydroxyl groups excluding tert-OH is 1. The number of nitrogens with zero attached hydrogens (tertiary/aromatic N) is 1. The molecule has 6 heteroatoms. The predicted molar refractivity (Wildman–Crippen MR) is 141 cm³/mol. The standard InChI is InChI=1S/C28H39NO4S/c1-18-10-8-11-19(2)26(31)22(5)27(32)28(6,7)34-17-25(30)33-24(15-14-18)20(3)16-23-13-9-12-21(4)29-23/h9,11-14,16,22,24,26,31H,8,10,15,17H2,1-7H3/b18-14+,19-11-,20-16+. The number of carbonyl (C=O) groups is 2. The average Bonchev–Trinajstić information content (AvgIpc) is 2.78. The molecular weight excluding hydrogens is 446 g/mol. The maximum Gasteiger partial charge on any atom is 0.316 e. The fourth-order valence-electron chi connectivity index (χ4n) is 3.95. The zero-order chi connectivity index (χ0) is 25.5. The number of pyridine rings is 1. The van der Waals surface area contributed by atoms with Crippen molar-refractivity contribution in [3.8, 4) is 0 Å². The van der Waals surface area contributed by atoms with E-state index in [-0.39, 0.29) is 17.5 Å². The van der Waals surface area contributed by atoms with Gasteiger partial charge >= 0.3 is 5.97 Å². The topological polar surface area (TPSA) is 76.5 Å². The number of aliphatic hydroxyl groups is 1. The van der Waals surface area contributed by atoms with Gasteiger partial charge < -0.3 is 9.84 Å². The average molecular weight is 486 g/mol. The fourth-order valence-corrected chi connectivity index (χ4v) is 4.82. The summed E-state index contributed by atoms with van der Waals surface area (Å²) >= 11 is 1.26. The van der Waals surface area contributed by atoms with Crippen LogP contribution in [-0.4, -0.2) is 44.6 Å². The van der Waals surface area contributed by atoms with Crippen molar-refractivity contribution in [2.45, 2.75) is 84.7 Å². The summed E-state index contributed by atoms with van der Waals surface area (Å²) in [5, 5.41) is 10.7. The number of ether oxygens (including phenoxy) is 1. The van der Waals surface area contributed by atoms with Crippen molar-refractivity contribution in [3.63, 3.8) is 0 Å². The highest BCUT2D eigenvalue weighted by molar-refractivity contribution is 8.02. The smallest absolute Gasteiger partial charge is 0.316 e. The Kier molecular flexibility index (Phi) is 10.3. The molecule has 0 fully saturated rings. The third kappa shape index (κ3) is 8.24. The highest BCUT2D eigenvalue weighted by Gasteiger charge is 2.36. The molecule has 0 aliphatic carbocycles. The van der Waals surface area contributed by atoms with E-state index in [9.17, 15) is 14.7 Å². The van der Waals surface area contributed by atoms with Crippen LogP contribution in [0.25, 0.3) is 6.08 Å². The molecule has 3 unspecified atom stereocenters. The number of aryl methyl sites for hydroxylation is 1. The van der Waals surface area contributed by atoms with Crippen LogP contribution in [0.5, 0.6) is 0 Å². The number of ketones is 1. The molecular formula is C28H39NO4S. The van der Waals surface area contributed by atoms with Gasteiger partial charge in [-0.3, -0.25) is 14.6 Å². The zero-order valence-electron chi connectivity index (χ0n) is 21.6. The van der Waals surface area contributed by atoms with Gasteiger partial charge in [0.25, 0.3) is 0 Å². The first-order valence-electron chi connectivity index (χ1n) is 11.9. The Labute approximate surface area is 208 Å². The molecule has 1 aromatic rings. The largest absolute Gasteiger partial charge is 0.457 e. The van der Waals surface area contributed by atoms with E-state index >= 15 is 0 Å². The van der Waals surface area contributed by atoms with Crippen molar-refractivity contribution in [2.75, 3.05) is 5.75 Å². The first-order valence-corrected chi connectivity index (χ1v) is 12.9. The molecule has 0 saturated carbocycles. The van der Waals surface area contributed by atoms with Crippen molar-refractivity contribution in [3.05, 3.63) is 58.5 Å². The molecule has 0 radical (unpaired) electrons. The lowest BCUT2D eigenvalue weighted by Crippen LogP contribution is -2.39. The molecule has 0 spiro atoms. The van der Waals surface area contributed by atoms with E-state index in [2.05, 4.69) is 18.0 Å². The summed E-state index contributed by atoms with van der Waals surface area (Å²) in [5.41, 5.74) is 4.68. The predicted octanol–water partition coefficient (Wildman–Crippen LogP) is 5.86. The monoisotopic (exact) mass is 485 g/mol. The number of aromatic nitrogens is 1. The van der Waals surface area contributed by atoms with E-state index in [1.165, 1.54) is 17.3 Å². The molecule has 5 nitrogen and oxygen atoms in total. The number of thioether (sulfide) groups is 1. The van der Waals surface area contributed by atoms with Gasteiger partial charge in [0.05, 0.1) is 22.3 Å². The first kappa shape index (κ1) is 28.1. The van der Waals surface area contributed by atoms with Gasteiger partial charge in [-0.2, -0.15) is 0 Å². The first-order chi connectivity index (χ1) is 15.9. The van der Waals surface area contributed by atoms with E-state index < -0.39 is 22.9 Å². The third-order valence-corrected chi connectivity index (χ3v) is 7.55. The summed E-state index contributed by atoms with van der Waals surface area (Å²) in [6, 6.07) is 5.84. The lowest BCUT2D eigenvalue weighted by molar-refractivity contribution is -0.143. The number of esters is 1. The Morgan fingerprint density at radius 1 is 1.21 bits per heavy atom. The van der Waals surface area contributed by atoms with Crippen LogP contribution >= 0.6 is 11.8 Å². The van der Waals surface area contributed by atoms with Crippen LogP contribution in [0.3, 0.4) is 0 Å². The maximum atomic E-state index is 13.1. The van der Waals surface area contributed by atoms with Gasteiger partial charge in [0.15, 0.2) is 5.78 Å². The van der Waals surface area contributed by atoms with E-state index in [4.69, 9.17) is 4.74 Å². The summed E-state index contributed by atoms with van der Waals surface area (Å²) in [6.45, 7) is 13.2. The SMILES string of the molecule is C/C1=C/CC/C(C)=C/CC(/C(C)=C/c2cccc(C)n2)OC(=O)CSC(C)(C)C(=O)C(C)C1O. The molecule has 1 aromatic heterocycles. The van der Waals surface area contributed by atoms with Crippen molar-refractivity contribution in [2.24, 2.45) is 5.92 Å². The molecule has 0 bridgehead atoms. The molecule has 1 N–H and O–H groups in total. The Balaban J connectivity index is 2.33. The van der Waals surface area contributed by atoms with Gasteiger partial charge in [-0.05, 0) is 83.7 Å². The lowest BCUT2D eigenvalue weighted by atomic mass is 9.88. The van der Waals surface area contributed by atoms with Gasteiger partial charge in [0, 0.05) is 18.0 Å². The van der Waals surface area contributed by atoms with Crippen LogP contribution in [0.4, 0.5) is 0 Å². The van der Waals surface area contributed by atoms with Crippen LogP contribution in [0, 0.1) is 12.8 Å². The number of rotatable bonds is 2. The summed E-state index contributed by atoms with van der Waals surface area (Å²) in [5.74, 6) is -0.930. The number of Topliss-reactive ketones (excluding diaryl/α,β-unsaturated/α-hetero) is 1. The quantitative estimate of drug-likeness (QED) is 0.418. The molecule has 34 heavy (non-hydrogen) atoms. The summed E-state index contributed by atoms with van der Waals surface area (Å²) in [6.07, 6.45) is 7.03. The number of cyclic esters (lactones) is 1. The van der Waals surface area contributed by atoms with Crippen LogP contribution in [0.1, 0.15) is 72.2 Å². The molecule has 186 valence electrons. The Morgan fingerprint density at radius 2 is 1.91 bits per heavy atom. The molecule has 2 heterocycles. The summed E-state index contributed by atoms with van der Waals surface area (Å²) in [4.78, 5) is 30.4. The summed E-state index contributed by atoms with van der Waals surface area (Å²) < 4.78 is 5.06. The Hall–Kier alpha value is -2.18. The van der Waals surface area contributed by atoms with Gasteiger partial charge in [0.1, 0.15) is 6.10 Å². The Morgan fingerprint density at radius 3 is 2.59 bits per heavy atom. The molecule has 3 atom stereocenters. The molecule has 0 amide bonds.